The molecule has 0 saturated carbocycles. The molecule has 0 saturated heterocycles. The summed E-state index contributed by atoms with van der Waals surface area (Å²) in [6, 6.07) is 19.7. The van der Waals surface area contributed by atoms with Gasteiger partial charge in [-0.2, -0.15) is 0 Å². The number of fused-ring (bicyclic) bond motifs is 1. The highest BCUT2D eigenvalue weighted by Gasteiger charge is 2.10. The molecular weight excluding hydrogens is 362 g/mol. The third-order valence-electron chi connectivity index (χ3n) is 4.97. The van der Waals surface area contributed by atoms with Gasteiger partial charge in [-0.05, 0) is 54.8 Å². The molecule has 2 heterocycles. The Morgan fingerprint density at radius 2 is 1.93 bits per heavy atom. The van der Waals surface area contributed by atoms with Crippen LogP contribution >= 0.6 is 0 Å². The van der Waals surface area contributed by atoms with Gasteiger partial charge in [0.25, 0.3) is 0 Å². The van der Waals surface area contributed by atoms with Crippen LogP contribution < -0.4 is 10.1 Å². The molecule has 2 aromatic carbocycles. The highest BCUT2D eigenvalue weighted by molar-refractivity contribution is 5.92. The highest BCUT2D eigenvalue weighted by Crippen LogP contribution is 2.25. The van der Waals surface area contributed by atoms with Crippen LogP contribution in [0.3, 0.4) is 0 Å². The summed E-state index contributed by atoms with van der Waals surface area (Å²) in [5, 5.41) is 3.05. The fourth-order valence-corrected chi connectivity index (χ4v) is 3.25. The Morgan fingerprint density at radius 3 is 2.69 bits per heavy atom. The molecular formula is C24H23N3O2. The number of ether oxygens (including phenoxy) is 1. The lowest BCUT2D eigenvalue weighted by molar-refractivity contribution is -0.116. The van der Waals surface area contributed by atoms with E-state index in [1.165, 1.54) is 0 Å². The Hall–Kier alpha value is -3.60. The van der Waals surface area contributed by atoms with Crippen molar-refractivity contribution in [3.05, 3.63) is 84.2 Å². The zero-order valence-electron chi connectivity index (χ0n) is 16.6. The lowest BCUT2D eigenvalue weighted by Gasteiger charge is -2.10. The number of methoxy groups -OCH3 is 1. The van der Waals surface area contributed by atoms with Gasteiger partial charge in [0.1, 0.15) is 11.4 Å². The molecule has 0 atom stereocenters. The summed E-state index contributed by atoms with van der Waals surface area (Å²) in [6.45, 7) is 1.99. The molecule has 1 amide bonds. The van der Waals surface area contributed by atoms with Crippen molar-refractivity contribution in [1.29, 1.82) is 0 Å². The number of hydrogen-bond acceptors (Lipinski definition) is 3. The molecule has 0 bridgehead atoms. The molecule has 0 spiro atoms. The molecule has 5 nitrogen and oxygen atoms in total. The number of carbonyl (C=O) groups is 1. The van der Waals surface area contributed by atoms with Gasteiger partial charge in [-0.25, -0.2) is 4.98 Å². The topological polar surface area (TPSA) is 55.6 Å². The van der Waals surface area contributed by atoms with Gasteiger partial charge in [0.2, 0.25) is 5.91 Å². The number of amides is 1. The van der Waals surface area contributed by atoms with Crippen LogP contribution in [-0.2, 0) is 11.2 Å². The summed E-state index contributed by atoms with van der Waals surface area (Å²) in [5.41, 5.74) is 5.70. The van der Waals surface area contributed by atoms with E-state index in [1.54, 1.807) is 7.11 Å². The van der Waals surface area contributed by atoms with Crippen LogP contribution in [0.25, 0.3) is 16.9 Å². The smallest absolute Gasteiger partial charge is 0.224 e. The number of imidazole rings is 1. The number of aromatic nitrogens is 2. The lowest BCUT2D eigenvalue weighted by Crippen LogP contribution is -2.13. The molecule has 0 aliphatic carbocycles. The molecule has 0 fully saturated rings. The molecule has 2 aromatic heterocycles. The zero-order valence-corrected chi connectivity index (χ0v) is 16.6. The van der Waals surface area contributed by atoms with Gasteiger partial charge in [0, 0.05) is 30.1 Å². The average molecular weight is 385 g/mol. The summed E-state index contributed by atoms with van der Waals surface area (Å²) in [5.74, 6) is 0.814. The minimum atomic E-state index is -0.00364. The summed E-state index contributed by atoms with van der Waals surface area (Å²) in [4.78, 5) is 17.2. The van der Waals surface area contributed by atoms with Crippen molar-refractivity contribution in [2.24, 2.45) is 0 Å². The van der Waals surface area contributed by atoms with Gasteiger partial charge in [0.05, 0.1) is 12.8 Å². The minimum Gasteiger partial charge on any atom is -0.497 e. The number of anilines is 1. The van der Waals surface area contributed by atoms with Crippen LogP contribution in [-0.4, -0.2) is 22.4 Å². The molecule has 0 aliphatic heterocycles. The molecule has 0 radical (unpaired) electrons. The number of nitrogens with one attached hydrogen (secondary N) is 1. The maximum absolute atomic E-state index is 12.5. The summed E-state index contributed by atoms with van der Waals surface area (Å²) >= 11 is 0. The van der Waals surface area contributed by atoms with Crippen LogP contribution in [0.15, 0.2) is 73.1 Å². The quantitative estimate of drug-likeness (QED) is 0.514. The molecule has 29 heavy (non-hydrogen) atoms. The van der Waals surface area contributed by atoms with Crippen LogP contribution in [0.2, 0.25) is 0 Å². The molecule has 1 N–H and O–H groups in total. The van der Waals surface area contributed by atoms with E-state index < -0.39 is 0 Å². The third-order valence-corrected chi connectivity index (χ3v) is 4.97. The Bertz CT molecular complexity index is 1110. The largest absolute Gasteiger partial charge is 0.497 e. The van der Waals surface area contributed by atoms with Crippen LogP contribution in [0.5, 0.6) is 5.75 Å². The fourth-order valence-electron chi connectivity index (χ4n) is 3.25. The number of aryl methyl sites for hydroxylation is 2. The van der Waals surface area contributed by atoms with Crippen LogP contribution in [0.4, 0.5) is 5.69 Å². The summed E-state index contributed by atoms with van der Waals surface area (Å²) in [7, 11) is 1.64. The summed E-state index contributed by atoms with van der Waals surface area (Å²) in [6.07, 6.45) is 5.07. The molecule has 5 heteroatoms. The standard InChI is InChI=1S/C24H23N3O2/c1-17-6-10-19(22-16-27-14-4-3-5-23(27)25-22)15-21(17)26-24(28)13-9-18-7-11-20(29-2)12-8-18/h3-8,10-12,14-16H,9,13H2,1-2H3,(H,26,28). The average Bonchev–Trinajstić information content (AvgIpc) is 3.18. The van der Waals surface area contributed by atoms with Crippen LogP contribution in [0, 0.1) is 6.92 Å². The van der Waals surface area contributed by atoms with E-state index >= 15 is 0 Å². The Balaban J connectivity index is 1.46. The van der Waals surface area contributed by atoms with E-state index in [1.807, 2.05) is 84.4 Å². The van der Waals surface area contributed by atoms with Crippen molar-refractivity contribution in [2.45, 2.75) is 19.8 Å². The van der Waals surface area contributed by atoms with E-state index in [0.717, 1.165) is 39.5 Å². The molecule has 146 valence electrons. The van der Waals surface area contributed by atoms with E-state index in [9.17, 15) is 4.79 Å². The van der Waals surface area contributed by atoms with Crippen LogP contribution in [0.1, 0.15) is 17.5 Å². The number of rotatable bonds is 6. The predicted molar refractivity (Wildman–Crippen MR) is 115 cm³/mol. The number of benzene rings is 2. The van der Waals surface area contributed by atoms with E-state index in [2.05, 4.69) is 10.3 Å². The Morgan fingerprint density at radius 1 is 1.10 bits per heavy atom. The van der Waals surface area contributed by atoms with E-state index in [0.29, 0.717) is 12.8 Å². The van der Waals surface area contributed by atoms with E-state index in [-0.39, 0.29) is 5.91 Å². The minimum absolute atomic E-state index is 0.00364. The second-order valence-corrected chi connectivity index (χ2v) is 7.02. The van der Waals surface area contributed by atoms with Crippen molar-refractivity contribution in [1.82, 2.24) is 9.38 Å². The zero-order chi connectivity index (χ0) is 20.2. The lowest BCUT2D eigenvalue weighted by atomic mass is 10.1. The molecule has 4 rings (SSSR count). The first kappa shape index (κ1) is 18.7. The molecule has 0 aliphatic rings. The normalized spacial score (nSPS) is 10.8. The number of carbonyl (C=O) groups excluding carboxylic acids is 1. The summed E-state index contributed by atoms with van der Waals surface area (Å²) < 4.78 is 7.16. The molecule has 4 aromatic rings. The number of pyridine rings is 1. The Kier molecular flexibility index (Phi) is 5.29. The fraction of sp³-hybridized carbons (Fsp3) is 0.167. The third kappa shape index (κ3) is 4.29. The van der Waals surface area contributed by atoms with Gasteiger partial charge in [0.15, 0.2) is 0 Å². The monoisotopic (exact) mass is 385 g/mol. The number of hydrogen-bond donors (Lipinski definition) is 1. The second-order valence-electron chi connectivity index (χ2n) is 7.02. The van der Waals surface area contributed by atoms with Gasteiger partial charge < -0.3 is 14.5 Å². The van der Waals surface area contributed by atoms with Gasteiger partial charge in [-0.15, -0.1) is 0 Å². The van der Waals surface area contributed by atoms with Crippen molar-refractivity contribution in [2.75, 3.05) is 12.4 Å². The van der Waals surface area contributed by atoms with Crippen molar-refractivity contribution >= 4 is 17.2 Å². The SMILES string of the molecule is COc1ccc(CCC(=O)Nc2cc(-c3cn4ccccc4n3)ccc2C)cc1. The van der Waals surface area contributed by atoms with Gasteiger partial charge in [-0.3, -0.25) is 4.79 Å². The first-order valence-electron chi connectivity index (χ1n) is 9.60. The maximum atomic E-state index is 12.5. The first-order chi connectivity index (χ1) is 14.1. The van der Waals surface area contributed by atoms with E-state index in [4.69, 9.17) is 4.74 Å². The first-order valence-corrected chi connectivity index (χ1v) is 9.60. The van der Waals surface area contributed by atoms with Gasteiger partial charge in [-0.1, -0.05) is 30.3 Å². The van der Waals surface area contributed by atoms with Crippen molar-refractivity contribution in [3.8, 4) is 17.0 Å². The number of nitrogens with zero attached hydrogens (tertiary/aromatic N) is 2. The molecule has 0 unspecified atom stereocenters. The second kappa shape index (κ2) is 8.19. The van der Waals surface area contributed by atoms with Crippen molar-refractivity contribution in [3.63, 3.8) is 0 Å². The maximum Gasteiger partial charge on any atom is 0.224 e. The predicted octanol–water partition coefficient (Wildman–Crippen LogP) is 4.89. The van der Waals surface area contributed by atoms with Gasteiger partial charge >= 0.3 is 0 Å². The highest BCUT2D eigenvalue weighted by atomic mass is 16.5. The van der Waals surface area contributed by atoms with Crippen molar-refractivity contribution < 1.29 is 9.53 Å². The Labute approximate surface area is 170 Å².